The van der Waals surface area contributed by atoms with E-state index in [1.54, 1.807) is 24.3 Å². The Bertz CT molecular complexity index is 552. The fourth-order valence-electron chi connectivity index (χ4n) is 1.46. The van der Waals surface area contributed by atoms with Gasteiger partial charge in [0.05, 0.1) is 0 Å². The highest BCUT2D eigenvalue weighted by Crippen LogP contribution is 2.20. The molecule has 0 heterocycles. The molecule has 0 aliphatic rings. The number of carbonyl (C=O) groups is 1. The fourth-order valence-corrected chi connectivity index (χ4v) is 1.63. The van der Waals surface area contributed by atoms with E-state index in [2.05, 4.69) is 0 Å². The first kappa shape index (κ1) is 12.6. The zero-order valence-corrected chi connectivity index (χ0v) is 10.2. The smallest absolute Gasteiger partial charge is 0.150 e. The summed E-state index contributed by atoms with van der Waals surface area (Å²) in [7, 11) is 0. The van der Waals surface area contributed by atoms with E-state index in [0.717, 1.165) is 6.29 Å². The van der Waals surface area contributed by atoms with Crippen LogP contribution in [0.25, 0.3) is 0 Å². The van der Waals surface area contributed by atoms with Gasteiger partial charge in [0.2, 0.25) is 0 Å². The van der Waals surface area contributed by atoms with Gasteiger partial charge in [-0.3, -0.25) is 4.79 Å². The molecule has 2 nitrogen and oxygen atoms in total. The van der Waals surface area contributed by atoms with Gasteiger partial charge in [-0.15, -0.1) is 0 Å². The lowest BCUT2D eigenvalue weighted by Gasteiger charge is -2.08. The number of hydrogen-bond donors (Lipinski definition) is 0. The van der Waals surface area contributed by atoms with Crippen molar-refractivity contribution >= 4 is 17.9 Å². The zero-order chi connectivity index (χ0) is 13.0. The van der Waals surface area contributed by atoms with Crippen molar-refractivity contribution in [1.82, 2.24) is 0 Å². The van der Waals surface area contributed by atoms with Crippen LogP contribution in [0.5, 0.6) is 5.75 Å². The molecule has 2 aromatic rings. The molecule has 4 heteroatoms. The number of ether oxygens (including phenoxy) is 1. The molecule has 2 aromatic carbocycles. The second-order valence-corrected chi connectivity index (χ2v) is 4.12. The predicted octanol–water partition coefficient (Wildman–Crippen LogP) is 3.87. The van der Waals surface area contributed by atoms with E-state index in [-0.39, 0.29) is 12.4 Å². The minimum absolute atomic E-state index is 0.178. The van der Waals surface area contributed by atoms with Crippen molar-refractivity contribution in [2.45, 2.75) is 6.61 Å². The van der Waals surface area contributed by atoms with Crippen molar-refractivity contribution in [3.8, 4) is 5.75 Å². The number of carbonyl (C=O) groups excluding carboxylic acids is 1. The Morgan fingerprint density at radius 2 is 1.89 bits per heavy atom. The minimum atomic E-state index is -0.352. The van der Waals surface area contributed by atoms with Crippen molar-refractivity contribution in [1.29, 1.82) is 0 Å². The van der Waals surface area contributed by atoms with Crippen molar-refractivity contribution in [2.24, 2.45) is 0 Å². The Kier molecular flexibility index (Phi) is 3.95. The van der Waals surface area contributed by atoms with Gasteiger partial charge in [-0.25, -0.2) is 4.39 Å². The van der Waals surface area contributed by atoms with E-state index in [1.807, 2.05) is 0 Å². The highest BCUT2D eigenvalue weighted by Gasteiger charge is 2.03. The Hall–Kier alpha value is -1.87. The van der Waals surface area contributed by atoms with Gasteiger partial charge in [-0.1, -0.05) is 11.6 Å². The van der Waals surface area contributed by atoms with Crippen LogP contribution >= 0.6 is 11.6 Å². The highest BCUT2D eigenvalue weighted by atomic mass is 35.5. The molecule has 2 rings (SSSR count). The molecule has 0 N–H and O–H groups in total. The second-order valence-electron chi connectivity index (χ2n) is 3.71. The van der Waals surface area contributed by atoms with Crippen LogP contribution < -0.4 is 4.74 Å². The molecule has 18 heavy (non-hydrogen) atoms. The van der Waals surface area contributed by atoms with Gasteiger partial charge in [0.15, 0.2) is 0 Å². The van der Waals surface area contributed by atoms with E-state index in [9.17, 15) is 9.18 Å². The van der Waals surface area contributed by atoms with Gasteiger partial charge in [-0.05, 0) is 42.5 Å². The molecule has 0 atom stereocenters. The fraction of sp³-hybridized carbons (Fsp3) is 0.0714. The Balaban J connectivity index is 2.06. The summed E-state index contributed by atoms with van der Waals surface area (Å²) in [4.78, 5) is 10.5. The van der Waals surface area contributed by atoms with Crippen molar-refractivity contribution in [3.05, 3.63) is 64.4 Å². The molecule has 0 unspecified atom stereocenters. The van der Waals surface area contributed by atoms with Gasteiger partial charge < -0.3 is 4.74 Å². The van der Waals surface area contributed by atoms with Gasteiger partial charge in [0.25, 0.3) is 0 Å². The van der Waals surface area contributed by atoms with E-state index in [0.29, 0.717) is 21.9 Å². The van der Waals surface area contributed by atoms with Crippen LogP contribution in [-0.4, -0.2) is 6.29 Å². The molecule has 0 aliphatic heterocycles. The number of benzene rings is 2. The van der Waals surface area contributed by atoms with Crippen LogP contribution in [-0.2, 0) is 6.61 Å². The molecule has 0 saturated carbocycles. The lowest BCUT2D eigenvalue weighted by Crippen LogP contribution is -1.97. The van der Waals surface area contributed by atoms with Crippen molar-refractivity contribution in [2.75, 3.05) is 0 Å². The molecule has 0 amide bonds. The van der Waals surface area contributed by atoms with E-state index in [1.165, 1.54) is 18.2 Å². The molecule has 0 fully saturated rings. The number of aldehydes is 1. The number of rotatable bonds is 4. The first-order valence-corrected chi connectivity index (χ1v) is 5.69. The molecule has 0 saturated heterocycles. The third-order valence-electron chi connectivity index (χ3n) is 2.42. The summed E-state index contributed by atoms with van der Waals surface area (Å²) in [5.41, 5.74) is 1.15. The zero-order valence-electron chi connectivity index (χ0n) is 9.40. The lowest BCUT2D eigenvalue weighted by atomic mass is 10.2. The van der Waals surface area contributed by atoms with Gasteiger partial charge >= 0.3 is 0 Å². The highest BCUT2D eigenvalue weighted by molar-refractivity contribution is 6.31. The average molecular weight is 265 g/mol. The van der Waals surface area contributed by atoms with E-state index >= 15 is 0 Å². The van der Waals surface area contributed by atoms with Crippen LogP contribution in [0, 0.1) is 5.82 Å². The first-order valence-electron chi connectivity index (χ1n) is 5.31. The van der Waals surface area contributed by atoms with Crippen LogP contribution in [0.15, 0.2) is 42.5 Å². The van der Waals surface area contributed by atoms with Crippen LogP contribution in [0.1, 0.15) is 15.9 Å². The molecule has 0 bridgehead atoms. The maximum absolute atomic E-state index is 13.0. The van der Waals surface area contributed by atoms with E-state index in [4.69, 9.17) is 16.3 Å². The largest absolute Gasteiger partial charge is 0.489 e. The summed E-state index contributed by atoms with van der Waals surface area (Å²) in [5, 5.41) is 0.459. The Labute approximate surface area is 109 Å². The average Bonchev–Trinajstić information content (AvgIpc) is 2.40. The molecule has 92 valence electrons. The topological polar surface area (TPSA) is 26.3 Å². The molecule has 0 aromatic heterocycles. The number of halogens is 2. The standard InChI is InChI=1S/C14H10ClFO2/c15-14-6-3-12(16)7-11(14)9-18-13-4-1-10(8-17)2-5-13/h1-8H,9H2. The van der Waals surface area contributed by atoms with E-state index < -0.39 is 0 Å². The molecular weight excluding hydrogens is 255 g/mol. The van der Waals surface area contributed by atoms with Crippen LogP contribution in [0.4, 0.5) is 4.39 Å². The normalized spacial score (nSPS) is 10.1. The van der Waals surface area contributed by atoms with Crippen LogP contribution in [0.2, 0.25) is 5.02 Å². The SMILES string of the molecule is O=Cc1ccc(OCc2cc(F)ccc2Cl)cc1. The Morgan fingerprint density at radius 3 is 2.56 bits per heavy atom. The Morgan fingerprint density at radius 1 is 1.17 bits per heavy atom. The molecular formula is C14H10ClFO2. The predicted molar refractivity (Wildman–Crippen MR) is 67.6 cm³/mol. The maximum atomic E-state index is 13.0. The second kappa shape index (κ2) is 5.65. The summed E-state index contributed by atoms with van der Waals surface area (Å²) in [6.07, 6.45) is 0.757. The summed E-state index contributed by atoms with van der Waals surface area (Å²) >= 11 is 5.92. The number of hydrogen-bond acceptors (Lipinski definition) is 2. The molecule has 0 spiro atoms. The van der Waals surface area contributed by atoms with Gasteiger partial charge in [0.1, 0.15) is 24.5 Å². The third-order valence-corrected chi connectivity index (χ3v) is 2.79. The maximum Gasteiger partial charge on any atom is 0.150 e. The lowest BCUT2D eigenvalue weighted by molar-refractivity contribution is 0.112. The van der Waals surface area contributed by atoms with Gasteiger partial charge in [-0.2, -0.15) is 0 Å². The van der Waals surface area contributed by atoms with Crippen molar-refractivity contribution < 1.29 is 13.9 Å². The van der Waals surface area contributed by atoms with Gasteiger partial charge in [0, 0.05) is 16.1 Å². The summed E-state index contributed by atoms with van der Waals surface area (Å²) in [6.45, 7) is 0.178. The third kappa shape index (κ3) is 3.08. The molecule has 0 radical (unpaired) electrons. The van der Waals surface area contributed by atoms with Crippen molar-refractivity contribution in [3.63, 3.8) is 0 Å². The summed E-state index contributed by atoms with van der Waals surface area (Å²) < 4.78 is 18.5. The first-order chi connectivity index (χ1) is 8.69. The minimum Gasteiger partial charge on any atom is -0.489 e. The monoisotopic (exact) mass is 264 g/mol. The summed E-state index contributed by atoms with van der Waals surface area (Å²) in [5.74, 6) is 0.246. The quantitative estimate of drug-likeness (QED) is 0.784. The molecule has 0 aliphatic carbocycles. The van der Waals surface area contributed by atoms with Crippen LogP contribution in [0.3, 0.4) is 0 Å². The summed E-state index contributed by atoms with van der Waals surface area (Å²) in [6, 6.07) is 10.8.